The van der Waals surface area contributed by atoms with Gasteiger partial charge in [0, 0.05) is 32.0 Å². The van der Waals surface area contributed by atoms with Crippen LogP contribution in [0.3, 0.4) is 0 Å². The molecule has 2 aromatic rings. The summed E-state index contributed by atoms with van der Waals surface area (Å²) in [6.45, 7) is 6.71. The molecule has 0 aliphatic heterocycles. The second-order valence-electron chi connectivity index (χ2n) is 6.05. The molecule has 0 bridgehead atoms. The molecular weight excluding hydrogens is 278 g/mol. The van der Waals surface area contributed by atoms with Crippen LogP contribution in [-0.4, -0.2) is 34.5 Å². The van der Waals surface area contributed by atoms with Gasteiger partial charge in [0.1, 0.15) is 0 Å². The van der Waals surface area contributed by atoms with E-state index in [1.54, 1.807) is 4.90 Å². The summed E-state index contributed by atoms with van der Waals surface area (Å²) >= 11 is 0. The fourth-order valence-corrected chi connectivity index (χ4v) is 2.07. The van der Waals surface area contributed by atoms with Gasteiger partial charge in [-0.05, 0) is 25.0 Å². The van der Waals surface area contributed by atoms with Crippen molar-refractivity contribution in [3.8, 4) is 11.5 Å². The van der Waals surface area contributed by atoms with Crippen molar-refractivity contribution in [2.45, 2.75) is 33.6 Å². The van der Waals surface area contributed by atoms with E-state index in [2.05, 4.69) is 10.1 Å². The van der Waals surface area contributed by atoms with E-state index in [9.17, 15) is 4.79 Å². The Labute approximate surface area is 131 Å². The number of carbonyl (C=O) groups excluding carboxylic acids is 1. The van der Waals surface area contributed by atoms with E-state index >= 15 is 0 Å². The lowest BCUT2D eigenvalue weighted by Gasteiger charge is -2.17. The maximum atomic E-state index is 11.9. The van der Waals surface area contributed by atoms with Crippen molar-refractivity contribution >= 4 is 5.91 Å². The van der Waals surface area contributed by atoms with Crippen molar-refractivity contribution < 1.29 is 9.32 Å². The van der Waals surface area contributed by atoms with Crippen molar-refractivity contribution in [1.82, 2.24) is 15.0 Å². The van der Waals surface area contributed by atoms with Crippen LogP contribution in [0.2, 0.25) is 0 Å². The Bertz CT molecular complexity index is 617. The van der Waals surface area contributed by atoms with Crippen molar-refractivity contribution in [2.75, 3.05) is 13.6 Å². The lowest BCUT2D eigenvalue weighted by atomic mass is 10.1. The highest BCUT2D eigenvalue weighted by Crippen LogP contribution is 2.17. The molecule has 1 aromatic carbocycles. The first-order valence-corrected chi connectivity index (χ1v) is 7.59. The summed E-state index contributed by atoms with van der Waals surface area (Å²) in [5, 5.41) is 3.98. The summed E-state index contributed by atoms with van der Waals surface area (Å²) in [6, 6.07) is 7.95. The highest BCUT2D eigenvalue weighted by Gasteiger charge is 2.13. The van der Waals surface area contributed by atoms with E-state index < -0.39 is 0 Å². The summed E-state index contributed by atoms with van der Waals surface area (Å²) in [5.74, 6) is 1.66. The van der Waals surface area contributed by atoms with Gasteiger partial charge in [-0.15, -0.1) is 0 Å². The number of amides is 1. The van der Waals surface area contributed by atoms with Gasteiger partial charge >= 0.3 is 0 Å². The molecule has 0 aliphatic carbocycles. The summed E-state index contributed by atoms with van der Waals surface area (Å²) < 4.78 is 5.28. The number of nitrogens with zero attached hydrogens (tertiary/aromatic N) is 3. The molecule has 0 spiro atoms. The Morgan fingerprint density at radius 2 is 1.95 bits per heavy atom. The van der Waals surface area contributed by atoms with Gasteiger partial charge in [0.25, 0.3) is 5.89 Å². The number of hydrogen-bond acceptors (Lipinski definition) is 4. The molecule has 0 N–H and O–H groups in total. The van der Waals surface area contributed by atoms with Gasteiger partial charge in [-0.25, -0.2) is 0 Å². The van der Waals surface area contributed by atoms with Crippen molar-refractivity contribution in [3.05, 3.63) is 35.7 Å². The molecule has 0 fully saturated rings. The van der Waals surface area contributed by atoms with Gasteiger partial charge in [-0.2, -0.15) is 4.98 Å². The van der Waals surface area contributed by atoms with Gasteiger partial charge in [-0.1, -0.05) is 36.7 Å². The Hall–Kier alpha value is -2.17. The van der Waals surface area contributed by atoms with E-state index in [0.29, 0.717) is 37.0 Å². The van der Waals surface area contributed by atoms with Crippen LogP contribution >= 0.6 is 0 Å². The Balaban J connectivity index is 1.92. The van der Waals surface area contributed by atoms with E-state index in [0.717, 1.165) is 5.56 Å². The second kappa shape index (κ2) is 7.20. The summed E-state index contributed by atoms with van der Waals surface area (Å²) in [4.78, 5) is 18.0. The number of likely N-dealkylation sites (N-methyl/N-ethyl adjacent to an activating group) is 1. The summed E-state index contributed by atoms with van der Waals surface area (Å²) in [6.07, 6.45) is 1.16. The van der Waals surface area contributed by atoms with Gasteiger partial charge in [0.2, 0.25) is 5.91 Å². The number of benzene rings is 1. The van der Waals surface area contributed by atoms with Gasteiger partial charge in [0.15, 0.2) is 5.82 Å². The standard InChI is InChI=1S/C17H23N3O2/c1-12(2)11-16(21)20(4)10-9-15-18-17(22-19-15)14-7-5-13(3)6-8-14/h5-8,12H,9-11H2,1-4H3. The zero-order valence-electron chi connectivity index (χ0n) is 13.7. The lowest BCUT2D eigenvalue weighted by Crippen LogP contribution is -2.29. The minimum Gasteiger partial charge on any atom is -0.345 e. The quantitative estimate of drug-likeness (QED) is 0.822. The third kappa shape index (κ3) is 4.41. The molecule has 5 nitrogen and oxygen atoms in total. The van der Waals surface area contributed by atoms with Crippen LogP contribution in [0.15, 0.2) is 28.8 Å². The van der Waals surface area contributed by atoms with Crippen molar-refractivity contribution in [3.63, 3.8) is 0 Å². The third-order valence-electron chi connectivity index (χ3n) is 3.45. The van der Waals surface area contributed by atoms with Crippen LogP contribution in [0, 0.1) is 12.8 Å². The molecule has 5 heteroatoms. The van der Waals surface area contributed by atoms with E-state index in [1.807, 2.05) is 52.1 Å². The molecule has 0 atom stereocenters. The summed E-state index contributed by atoms with van der Waals surface area (Å²) in [7, 11) is 1.81. The average Bonchev–Trinajstić information content (AvgIpc) is 2.93. The molecule has 0 radical (unpaired) electrons. The molecule has 2 rings (SSSR count). The number of aryl methyl sites for hydroxylation is 1. The van der Waals surface area contributed by atoms with E-state index in [1.165, 1.54) is 5.56 Å². The normalized spacial score (nSPS) is 11.0. The number of carbonyl (C=O) groups is 1. The molecule has 0 saturated heterocycles. The van der Waals surface area contributed by atoms with Gasteiger partial charge in [0.05, 0.1) is 0 Å². The van der Waals surface area contributed by atoms with Crippen molar-refractivity contribution in [2.24, 2.45) is 5.92 Å². The third-order valence-corrected chi connectivity index (χ3v) is 3.45. The van der Waals surface area contributed by atoms with E-state index in [4.69, 9.17) is 4.52 Å². The molecule has 22 heavy (non-hydrogen) atoms. The van der Waals surface area contributed by atoms with Crippen LogP contribution < -0.4 is 0 Å². The van der Waals surface area contributed by atoms with Crippen LogP contribution in [0.25, 0.3) is 11.5 Å². The largest absolute Gasteiger partial charge is 0.345 e. The molecule has 0 aliphatic rings. The minimum absolute atomic E-state index is 0.150. The van der Waals surface area contributed by atoms with Crippen LogP contribution in [0.1, 0.15) is 31.7 Å². The highest BCUT2D eigenvalue weighted by molar-refractivity contribution is 5.76. The number of aromatic nitrogens is 2. The van der Waals surface area contributed by atoms with E-state index in [-0.39, 0.29) is 5.91 Å². The second-order valence-corrected chi connectivity index (χ2v) is 6.05. The smallest absolute Gasteiger partial charge is 0.257 e. The fraction of sp³-hybridized carbons (Fsp3) is 0.471. The average molecular weight is 301 g/mol. The maximum Gasteiger partial charge on any atom is 0.257 e. The monoisotopic (exact) mass is 301 g/mol. The highest BCUT2D eigenvalue weighted by atomic mass is 16.5. The first kappa shape index (κ1) is 16.2. The lowest BCUT2D eigenvalue weighted by molar-refractivity contribution is -0.130. The molecule has 118 valence electrons. The Kier molecular flexibility index (Phi) is 5.31. The zero-order valence-corrected chi connectivity index (χ0v) is 13.7. The predicted octanol–water partition coefficient (Wildman–Crippen LogP) is 3.09. The maximum absolute atomic E-state index is 11.9. The van der Waals surface area contributed by atoms with Crippen molar-refractivity contribution in [1.29, 1.82) is 0 Å². The number of rotatable bonds is 6. The topological polar surface area (TPSA) is 59.2 Å². The molecular formula is C17H23N3O2. The molecule has 1 heterocycles. The minimum atomic E-state index is 0.150. The van der Waals surface area contributed by atoms with Crippen LogP contribution in [0.5, 0.6) is 0 Å². The Morgan fingerprint density at radius 3 is 2.59 bits per heavy atom. The molecule has 0 unspecified atom stereocenters. The molecule has 0 saturated carbocycles. The van der Waals surface area contributed by atoms with Gasteiger partial charge in [-0.3, -0.25) is 4.79 Å². The summed E-state index contributed by atoms with van der Waals surface area (Å²) in [5.41, 5.74) is 2.10. The van der Waals surface area contributed by atoms with Crippen LogP contribution in [-0.2, 0) is 11.2 Å². The predicted molar refractivity (Wildman–Crippen MR) is 85.3 cm³/mol. The first-order valence-electron chi connectivity index (χ1n) is 7.59. The van der Waals surface area contributed by atoms with Crippen LogP contribution in [0.4, 0.5) is 0 Å². The van der Waals surface area contributed by atoms with Gasteiger partial charge < -0.3 is 9.42 Å². The zero-order chi connectivity index (χ0) is 16.1. The molecule has 1 amide bonds. The first-order chi connectivity index (χ1) is 10.5. The SMILES string of the molecule is Cc1ccc(-c2nc(CCN(C)C(=O)CC(C)C)no2)cc1. The molecule has 1 aromatic heterocycles. The number of hydrogen-bond donors (Lipinski definition) is 0. The Morgan fingerprint density at radius 1 is 1.27 bits per heavy atom. The fourth-order valence-electron chi connectivity index (χ4n) is 2.07.